The maximum absolute atomic E-state index is 5.67. The molecule has 66 valence electrons. The summed E-state index contributed by atoms with van der Waals surface area (Å²) in [7, 11) is 0. The van der Waals surface area contributed by atoms with E-state index in [2.05, 4.69) is 9.97 Å². The largest absolute Gasteiger partial charge is 0.397 e. The summed E-state index contributed by atoms with van der Waals surface area (Å²) < 4.78 is 0. The zero-order valence-corrected chi connectivity index (χ0v) is 7.41. The third kappa shape index (κ3) is 1.40. The predicted molar refractivity (Wildman–Crippen MR) is 53.2 cm³/mol. The van der Waals surface area contributed by atoms with Gasteiger partial charge in [-0.05, 0) is 31.2 Å². The van der Waals surface area contributed by atoms with Crippen LogP contribution in [0.2, 0.25) is 0 Å². The van der Waals surface area contributed by atoms with E-state index in [-0.39, 0.29) is 0 Å². The fourth-order valence-corrected chi connectivity index (χ4v) is 1.21. The van der Waals surface area contributed by atoms with Crippen molar-refractivity contribution in [2.24, 2.45) is 0 Å². The van der Waals surface area contributed by atoms with Crippen LogP contribution >= 0.6 is 0 Å². The molecule has 13 heavy (non-hydrogen) atoms. The zero-order valence-electron chi connectivity index (χ0n) is 7.41. The Morgan fingerprint density at radius 1 is 1.31 bits per heavy atom. The molecule has 0 radical (unpaired) electrons. The molecule has 2 aromatic rings. The molecule has 0 atom stereocenters. The number of nitrogens with two attached hydrogens (primary N) is 1. The van der Waals surface area contributed by atoms with Gasteiger partial charge in [0.2, 0.25) is 0 Å². The Bertz CT molecular complexity index is 404. The van der Waals surface area contributed by atoms with E-state index in [1.54, 1.807) is 0 Å². The monoisotopic (exact) mass is 173 g/mol. The minimum absolute atomic E-state index is 0.732. The lowest BCUT2D eigenvalue weighted by Crippen LogP contribution is -1.94. The molecule has 0 spiro atoms. The van der Waals surface area contributed by atoms with Gasteiger partial charge in [0.1, 0.15) is 0 Å². The van der Waals surface area contributed by atoms with Gasteiger partial charge in [-0.1, -0.05) is 0 Å². The highest BCUT2D eigenvalue weighted by atomic mass is 14.8. The number of hydrogen-bond donors (Lipinski definition) is 2. The Morgan fingerprint density at radius 3 is 2.77 bits per heavy atom. The predicted octanol–water partition coefficient (Wildman–Crippen LogP) is 1.97. The van der Waals surface area contributed by atoms with Crippen molar-refractivity contribution in [1.29, 1.82) is 0 Å². The Kier molecular flexibility index (Phi) is 1.77. The Hall–Kier alpha value is -1.77. The number of nitrogens with zero attached hydrogens (tertiary/aromatic N) is 1. The van der Waals surface area contributed by atoms with Crippen LogP contribution in [0, 0.1) is 6.92 Å². The van der Waals surface area contributed by atoms with Crippen LogP contribution in [-0.2, 0) is 0 Å². The fraction of sp³-hybridized carbons (Fsp3) is 0.100. The van der Waals surface area contributed by atoms with E-state index >= 15 is 0 Å². The van der Waals surface area contributed by atoms with Crippen molar-refractivity contribution in [2.75, 3.05) is 5.73 Å². The van der Waals surface area contributed by atoms with Crippen LogP contribution in [0.3, 0.4) is 0 Å². The third-order valence-electron chi connectivity index (χ3n) is 2.00. The summed E-state index contributed by atoms with van der Waals surface area (Å²) in [4.78, 5) is 7.46. The Morgan fingerprint density at radius 2 is 2.15 bits per heavy atom. The molecular weight excluding hydrogens is 162 g/mol. The number of pyridine rings is 1. The van der Waals surface area contributed by atoms with Crippen LogP contribution in [0.4, 0.5) is 5.69 Å². The van der Waals surface area contributed by atoms with Gasteiger partial charge in [-0.25, -0.2) is 4.98 Å². The van der Waals surface area contributed by atoms with Gasteiger partial charge in [-0.3, -0.25) is 0 Å². The molecule has 0 bridgehead atoms. The quantitative estimate of drug-likeness (QED) is 0.692. The number of nitrogens with one attached hydrogen (secondary N) is 1. The zero-order chi connectivity index (χ0) is 9.26. The molecule has 0 unspecified atom stereocenters. The first-order valence-corrected chi connectivity index (χ1v) is 4.14. The minimum Gasteiger partial charge on any atom is -0.397 e. The summed E-state index contributed by atoms with van der Waals surface area (Å²) >= 11 is 0. The Labute approximate surface area is 76.6 Å². The summed E-state index contributed by atoms with van der Waals surface area (Å²) in [6, 6.07) is 7.72. The molecule has 3 N–H and O–H groups in total. The first-order chi connectivity index (χ1) is 6.27. The second-order valence-corrected chi connectivity index (χ2v) is 2.95. The highest BCUT2D eigenvalue weighted by molar-refractivity contribution is 5.58. The first kappa shape index (κ1) is 7.86. The molecule has 2 aromatic heterocycles. The van der Waals surface area contributed by atoms with Crippen LogP contribution in [-0.4, -0.2) is 9.97 Å². The van der Waals surface area contributed by atoms with Crippen LogP contribution < -0.4 is 5.73 Å². The molecule has 0 amide bonds. The lowest BCUT2D eigenvalue weighted by atomic mass is 10.2. The number of aryl methyl sites for hydroxylation is 1. The smallest absolute Gasteiger partial charge is 0.0869 e. The molecule has 3 nitrogen and oxygen atoms in total. The van der Waals surface area contributed by atoms with Gasteiger partial charge in [0.15, 0.2) is 0 Å². The normalized spacial score (nSPS) is 10.2. The molecule has 0 saturated heterocycles. The Balaban J connectivity index is 2.49. The molecule has 0 aliphatic rings. The number of aromatic nitrogens is 2. The maximum atomic E-state index is 5.67. The molecule has 0 saturated carbocycles. The number of aromatic amines is 1. The maximum Gasteiger partial charge on any atom is 0.0869 e. The van der Waals surface area contributed by atoms with Gasteiger partial charge in [-0.15, -0.1) is 0 Å². The number of nitrogen functional groups attached to an aromatic ring is 1. The average molecular weight is 173 g/mol. The highest BCUT2D eigenvalue weighted by Gasteiger charge is 2.01. The van der Waals surface area contributed by atoms with Crippen LogP contribution in [0.25, 0.3) is 11.4 Å². The fourth-order valence-electron chi connectivity index (χ4n) is 1.21. The first-order valence-electron chi connectivity index (χ1n) is 4.14. The van der Waals surface area contributed by atoms with E-state index in [0.29, 0.717) is 0 Å². The summed E-state index contributed by atoms with van der Waals surface area (Å²) in [5.74, 6) is 0. The highest BCUT2D eigenvalue weighted by Crippen LogP contribution is 2.17. The SMILES string of the molecule is Cc1nc(-c2ccc[nH]2)ccc1N. The third-order valence-corrected chi connectivity index (χ3v) is 2.00. The van der Waals surface area contributed by atoms with Crippen molar-refractivity contribution < 1.29 is 0 Å². The van der Waals surface area contributed by atoms with E-state index < -0.39 is 0 Å². The van der Waals surface area contributed by atoms with Crippen LogP contribution in [0.5, 0.6) is 0 Å². The number of H-pyrrole nitrogens is 1. The molecule has 2 heterocycles. The van der Waals surface area contributed by atoms with Gasteiger partial charge in [0, 0.05) is 6.20 Å². The van der Waals surface area contributed by atoms with E-state index in [4.69, 9.17) is 5.73 Å². The summed E-state index contributed by atoms with van der Waals surface area (Å²) in [6.45, 7) is 1.90. The molecule has 0 aliphatic heterocycles. The van der Waals surface area contributed by atoms with Crippen molar-refractivity contribution in [3.05, 3.63) is 36.2 Å². The second kappa shape index (κ2) is 2.94. The lowest BCUT2D eigenvalue weighted by Gasteiger charge is -2.01. The van der Waals surface area contributed by atoms with Crippen molar-refractivity contribution >= 4 is 5.69 Å². The summed E-state index contributed by atoms with van der Waals surface area (Å²) in [5.41, 5.74) is 9.21. The molecule has 0 aromatic carbocycles. The molecule has 0 fully saturated rings. The molecule has 0 aliphatic carbocycles. The van der Waals surface area contributed by atoms with E-state index in [1.165, 1.54) is 0 Å². The number of anilines is 1. The average Bonchev–Trinajstić information content (AvgIpc) is 2.62. The number of rotatable bonds is 1. The second-order valence-electron chi connectivity index (χ2n) is 2.95. The van der Waals surface area contributed by atoms with Crippen molar-refractivity contribution in [1.82, 2.24) is 9.97 Å². The topological polar surface area (TPSA) is 54.7 Å². The van der Waals surface area contributed by atoms with Crippen LogP contribution in [0.1, 0.15) is 5.69 Å². The van der Waals surface area contributed by atoms with E-state index in [9.17, 15) is 0 Å². The summed E-state index contributed by atoms with van der Waals surface area (Å²) in [5, 5.41) is 0. The van der Waals surface area contributed by atoms with Gasteiger partial charge >= 0.3 is 0 Å². The van der Waals surface area contributed by atoms with Gasteiger partial charge < -0.3 is 10.7 Å². The van der Waals surface area contributed by atoms with Gasteiger partial charge in [-0.2, -0.15) is 0 Å². The van der Waals surface area contributed by atoms with Crippen molar-refractivity contribution in [3.8, 4) is 11.4 Å². The number of hydrogen-bond acceptors (Lipinski definition) is 2. The standard InChI is InChI=1S/C10H11N3/c1-7-8(11)4-5-10(13-7)9-3-2-6-12-9/h2-6,12H,11H2,1H3. The van der Waals surface area contributed by atoms with Crippen LogP contribution in [0.15, 0.2) is 30.5 Å². The molecular formula is C10H11N3. The van der Waals surface area contributed by atoms with Gasteiger partial charge in [0.05, 0.1) is 22.8 Å². The van der Waals surface area contributed by atoms with Crippen molar-refractivity contribution in [2.45, 2.75) is 6.92 Å². The van der Waals surface area contributed by atoms with E-state index in [0.717, 1.165) is 22.8 Å². The lowest BCUT2D eigenvalue weighted by molar-refractivity contribution is 1.19. The minimum atomic E-state index is 0.732. The molecule has 3 heteroatoms. The van der Waals surface area contributed by atoms with Crippen molar-refractivity contribution in [3.63, 3.8) is 0 Å². The summed E-state index contributed by atoms with van der Waals surface area (Å²) in [6.07, 6.45) is 1.88. The van der Waals surface area contributed by atoms with Gasteiger partial charge in [0.25, 0.3) is 0 Å². The molecule has 2 rings (SSSR count). The van der Waals surface area contributed by atoms with E-state index in [1.807, 2.05) is 37.4 Å².